The minimum absolute atomic E-state index is 0.623. The van der Waals surface area contributed by atoms with Gasteiger partial charge in [0.15, 0.2) is 0 Å². The maximum absolute atomic E-state index is 2.42. The molecule has 12 heavy (non-hydrogen) atoms. The first kappa shape index (κ1) is 10.1. The summed E-state index contributed by atoms with van der Waals surface area (Å²) in [6.45, 7) is 9.37. The molecule has 0 aromatic rings. The summed E-state index contributed by atoms with van der Waals surface area (Å²) in [5, 5.41) is 0. The summed E-state index contributed by atoms with van der Waals surface area (Å²) in [5.74, 6) is 2.59. The van der Waals surface area contributed by atoms with Crippen molar-refractivity contribution in [1.29, 1.82) is 0 Å². The van der Waals surface area contributed by atoms with Gasteiger partial charge < -0.3 is 0 Å². The maximum Gasteiger partial charge on any atom is -0.0300 e. The molecule has 0 bridgehead atoms. The highest BCUT2D eigenvalue weighted by Crippen LogP contribution is 2.40. The second kappa shape index (κ2) is 3.81. The van der Waals surface area contributed by atoms with Gasteiger partial charge in [0, 0.05) is 0 Å². The van der Waals surface area contributed by atoms with Crippen molar-refractivity contribution in [2.45, 2.75) is 59.8 Å². The number of hydrogen-bond donors (Lipinski definition) is 0. The first-order valence-electron chi connectivity index (χ1n) is 5.29. The summed E-state index contributed by atoms with van der Waals surface area (Å²) in [6.07, 6.45) is 7.16. The summed E-state index contributed by atoms with van der Waals surface area (Å²) in [5.41, 5.74) is 0.623. The SMILES string of the molecule is C[C](C)CC1CCCC(C)(C)C1. The smallest absolute Gasteiger partial charge is 0.0300 e. The molecule has 71 valence electrons. The van der Waals surface area contributed by atoms with E-state index in [1.54, 1.807) is 5.92 Å². The molecule has 1 unspecified atom stereocenters. The molecule has 1 fully saturated rings. The minimum Gasteiger partial charge on any atom is -0.0599 e. The summed E-state index contributed by atoms with van der Waals surface area (Å²) in [6, 6.07) is 0. The Balaban J connectivity index is 2.36. The van der Waals surface area contributed by atoms with Crippen LogP contribution in [0.25, 0.3) is 0 Å². The molecule has 1 saturated carbocycles. The van der Waals surface area contributed by atoms with Gasteiger partial charge >= 0.3 is 0 Å². The fraction of sp³-hybridized carbons (Fsp3) is 0.917. The Hall–Kier alpha value is 0. The van der Waals surface area contributed by atoms with Crippen LogP contribution in [0.2, 0.25) is 0 Å². The van der Waals surface area contributed by atoms with Crippen molar-refractivity contribution in [1.82, 2.24) is 0 Å². The lowest BCUT2D eigenvalue weighted by Gasteiger charge is -2.35. The minimum atomic E-state index is 0.623. The molecule has 1 aliphatic carbocycles. The van der Waals surface area contributed by atoms with E-state index in [2.05, 4.69) is 27.7 Å². The summed E-state index contributed by atoms with van der Waals surface area (Å²) in [4.78, 5) is 0. The van der Waals surface area contributed by atoms with Crippen molar-refractivity contribution in [3.05, 3.63) is 5.92 Å². The van der Waals surface area contributed by atoms with Gasteiger partial charge in [-0.15, -0.1) is 0 Å². The molecule has 0 aromatic carbocycles. The van der Waals surface area contributed by atoms with Gasteiger partial charge in [0.2, 0.25) is 0 Å². The fourth-order valence-electron chi connectivity index (χ4n) is 2.61. The molecule has 1 rings (SSSR count). The quantitative estimate of drug-likeness (QED) is 0.578. The van der Waals surface area contributed by atoms with E-state index < -0.39 is 0 Å². The van der Waals surface area contributed by atoms with Crippen LogP contribution >= 0.6 is 0 Å². The monoisotopic (exact) mass is 167 g/mol. The topological polar surface area (TPSA) is 0 Å². The van der Waals surface area contributed by atoms with Crippen molar-refractivity contribution >= 4 is 0 Å². The first-order valence-corrected chi connectivity index (χ1v) is 5.29. The van der Waals surface area contributed by atoms with Crippen molar-refractivity contribution in [2.75, 3.05) is 0 Å². The van der Waals surface area contributed by atoms with E-state index in [1.807, 2.05) is 0 Å². The molecule has 0 saturated heterocycles. The molecule has 0 aliphatic heterocycles. The highest BCUT2D eigenvalue weighted by Gasteiger charge is 2.27. The molecule has 0 spiro atoms. The van der Waals surface area contributed by atoms with Crippen LogP contribution in [0.3, 0.4) is 0 Å². The van der Waals surface area contributed by atoms with Gasteiger partial charge in [-0.05, 0) is 36.5 Å². The predicted octanol–water partition coefficient (Wildman–Crippen LogP) is 4.21. The van der Waals surface area contributed by atoms with Crippen LogP contribution in [-0.2, 0) is 0 Å². The number of rotatable bonds is 2. The van der Waals surface area contributed by atoms with E-state index in [0.29, 0.717) is 5.41 Å². The van der Waals surface area contributed by atoms with E-state index in [1.165, 1.54) is 32.1 Å². The lowest BCUT2D eigenvalue weighted by Crippen LogP contribution is -2.23. The van der Waals surface area contributed by atoms with Gasteiger partial charge in [0.05, 0.1) is 0 Å². The van der Waals surface area contributed by atoms with Crippen molar-refractivity contribution in [3.8, 4) is 0 Å². The van der Waals surface area contributed by atoms with Crippen molar-refractivity contribution in [3.63, 3.8) is 0 Å². The van der Waals surface area contributed by atoms with Gasteiger partial charge in [0.1, 0.15) is 0 Å². The van der Waals surface area contributed by atoms with E-state index >= 15 is 0 Å². The zero-order valence-corrected chi connectivity index (χ0v) is 9.11. The third-order valence-electron chi connectivity index (χ3n) is 3.00. The maximum atomic E-state index is 2.42. The largest absolute Gasteiger partial charge is 0.0599 e. The summed E-state index contributed by atoms with van der Waals surface area (Å²) < 4.78 is 0. The van der Waals surface area contributed by atoms with Gasteiger partial charge in [-0.25, -0.2) is 0 Å². The van der Waals surface area contributed by atoms with Gasteiger partial charge in [0.25, 0.3) is 0 Å². The van der Waals surface area contributed by atoms with Crippen LogP contribution in [0.15, 0.2) is 0 Å². The lowest BCUT2D eigenvalue weighted by atomic mass is 9.70. The average molecular weight is 167 g/mol. The standard InChI is InChI=1S/C12H23/c1-10(2)8-11-6-5-7-12(3,4)9-11/h11H,5-9H2,1-4H3. The Morgan fingerprint density at radius 1 is 1.33 bits per heavy atom. The summed E-state index contributed by atoms with van der Waals surface area (Å²) >= 11 is 0. The lowest BCUT2D eigenvalue weighted by molar-refractivity contribution is 0.176. The third kappa shape index (κ3) is 3.16. The Kier molecular flexibility index (Phi) is 3.20. The summed E-state index contributed by atoms with van der Waals surface area (Å²) in [7, 11) is 0. The third-order valence-corrected chi connectivity index (χ3v) is 3.00. The molecular formula is C12H23. The number of hydrogen-bond acceptors (Lipinski definition) is 0. The Bertz CT molecular complexity index is 133. The average Bonchev–Trinajstić information content (AvgIpc) is 1.82. The van der Waals surface area contributed by atoms with E-state index in [9.17, 15) is 0 Å². The highest BCUT2D eigenvalue weighted by atomic mass is 14.3. The van der Waals surface area contributed by atoms with Gasteiger partial charge in [-0.3, -0.25) is 0 Å². The molecular weight excluding hydrogens is 144 g/mol. The van der Waals surface area contributed by atoms with E-state index in [4.69, 9.17) is 0 Å². The van der Waals surface area contributed by atoms with Crippen LogP contribution < -0.4 is 0 Å². The van der Waals surface area contributed by atoms with E-state index in [0.717, 1.165) is 5.92 Å². The molecule has 0 N–H and O–H groups in total. The molecule has 1 atom stereocenters. The molecule has 1 aliphatic rings. The van der Waals surface area contributed by atoms with Gasteiger partial charge in [-0.1, -0.05) is 40.5 Å². The van der Waals surface area contributed by atoms with Crippen LogP contribution in [0.5, 0.6) is 0 Å². The molecule has 1 radical (unpaired) electrons. The normalized spacial score (nSPS) is 29.2. The zero-order chi connectivity index (χ0) is 9.19. The van der Waals surface area contributed by atoms with Crippen LogP contribution in [0.4, 0.5) is 0 Å². The molecule has 0 heteroatoms. The van der Waals surface area contributed by atoms with Crippen molar-refractivity contribution in [2.24, 2.45) is 11.3 Å². The predicted molar refractivity (Wildman–Crippen MR) is 54.9 cm³/mol. The Morgan fingerprint density at radius 2 is 2.00 bits per heavy atom. The van der Waals surface area contributed by atoms with Crippen molar-refractivity contribution < 1.29 is 0 Å². The van der Waals surface area contributed by atoms with Crippen LogP contribution in [-0.4, -0.2) is 0 Å². The van der Waals surface area contributed by atoms with Gasteiger partial charge in [-0.2, -0.15) is 0 Å². The Labute approximate surface area is 77.7 Å². The molecule has 0 nitrogen and oxygen atoms in total. The second-order valence-electron chi connectivity index (χ2n) is 5.54. The zero-order valence-electron chi connectivity index (χ0n) is 9.11. The highest BCUT2D eigenvalue weighted by molar-refractivity contribution is 4.86. The second-order valence-corrected chi connectivity index (χ2v) is 5.54. The molecule has 0 heterocycles. The van der Waals surface area contributed by atoms with E-state index in [-0.39, 0.29) is 0 Å². The Morgan fingerprint density at radius 3 is 2.50 bits per heavy atom. The molecule has 0 aromatic heterocycles. The fourth-order valence-corrected chi connectivity index (χ4v) is 2.61. The first-order chi connectivity index (χ1) is 5.49. The van der Waals surface area contributed by atoms with Crippen LogP contribution in [0.1, 0.15) is 59.8 Å². The van der Waals surface area contributed by atoms with Crippen LogP contribution in [0, 0.1) is 17.3 Å². The molecule has 0 amide bonds.